The molecular formula is C8H15NO2. The predicted octanol–water partition coefficient (Wildman–Crippen LogP) is 1.04. The molecule has 1 N–H and O–H groups in total. The van der Waals surface area contributed by atoms with Crippen molar-refractivity contribution in [2.75, 3.05) is 19.8 Å². The van der Waals surface area contributed by atoms with Crippen molar-refractivity contribution in [3.8, 4) is 0 Å². The van der Waals surface area contributed by atoms with Crippen LogP contribution in [0, 0.1) is 0 Å². The lowest BCUT2D eigenvalue weighted by molar-refractivity contribution is -0.118. The Balaban J connectivity index is 2.10. The van der Waals surface area contributed by atoms with Gasteiger partial charge in [0.1, 0.15) is 0 Å². The van der Waals surface area contributed by atoms with Crippen LogP contribution in [0.5, 0.6) is 0 Å². The quantitative estimate of drug-likeness (QED) is 0.489. The average molecular weight is 157 g/mol. The smallest absolute Gasteiger partial charge is 0.0649 e. The summed E-state index contributed by atoms with van der Waals surface area (Å²) in [6.07, 6.45) is 3.82. The highest BCUT2D eigenvalue weighted by molar-refractivity contribution is 4.73. The maximum absolute atomic E-state index is 9.22. The molecule has 0 spiro atoms. The summed E-state index contributed by atoms with van der Waals surface area (Å²) >= 11 is 0. The van der Waals surface area contributed by atoms with Gasteiger partial charge in [-0.15, -0.1) is 6.58 Å². The molecule has 0 bridgehead atoms. The number of ether oxygens (including phenoxy) is 1. The molecule has 1 atom stereocenters. The first-order chi connectivity index (χ1) is 5.34. The highest BCUT2D eigenvalue weighted by Gasteiger charge is 2.22. The highest BCUT2D eigenvalue weighted by atomic mass is 16.5. The lowest BCUT2D eigenvalue weighted by Crippen LogP contribution is -2.29. The minimum atomic E-state index is 0.204. The molecular weight excluding hydrogens is 142 g/mol. The van der Waals surface area contributed by atoms with Gasteiger partial charge in [-0.1, -0.05) is 6.08 Å². The average Bonchev–Trinajstić information content (AvgIpc) is 2.37. The van der Waals surface area contributed by atoms with E-state index in [4.69, 9.17) is 4.74 Å². The Kier molecular flexibility index (Phi) is 3.56. The first kappa shape index (κ1) is 8.71. The number of hydrogen-bond donors (Lipinski definition) is 1. The molecule has 0 aromatic rings. The number of hydrogen-bond acceptors (Lipinski definition) is 3. The van der Waals surface area contributed by atoms with Crippen LogP contribution in [-0.4, -0.2) is 36.1 Å². The van der Waals surface area contributed by atoms with Gasteiger partial charge in [-0.3, -0.25) is 0 Å². The molecule has 1 rings (SSSR count). The van der Waals surface area contributed by atoms with Gasteiger partial charge in [-0.2, -0.15) is 5.06 Å². The molecule has 64 valence electrons. The molecule has 3 heteroatoms. The molecule has 1 aliphatic rings. The fourth-order valence-electron chi connectivity index (χ4n) is 1.28. The third-order valence-corrected chi connectivity index (χ3v) is 1.89. The molecule has 3 nitrogen and oxygen atoms in total. The van der Waals surface area contributed by atoms with Crippen molar-refractivity contribution >= 4 is 0 Å². The molecule has 1 unspecified atom stereocenters. The maximum atomic E-state index is 9.22. The Morgan fingerprint density at radius 2 is 2.55 bits per heavy atom. The third-order valence-electron chi connectivity index (χ3n) is 1.89. The standard InChI is InChI=1S/C8H15NO2/c1-2-6-11-7-8-4-3-5-9(8)10/h2,8,10H,1,3-7H2. The molecule has 0 aromatic heterocycles. The van der Waals surface area contributed by atoms with E-state index in [1.165, 1.54) is 5.06 Å². The molecule has 1 fully saturated rings. The van der Waals surface area contributed by atoms with E-state index < -0.39 is 0 Å². The van der Waals surface area contributed by atoms with Gasteiger partial charge in [0.2, 0.25) is 0 Å². The van der Waals surface area contributed by atoms with Crippen LogP contribution in [-0.2, 0) is 4.74 Å². The van der Waals surface area contributed by atoms with Crippen molar-refractivity contribution in [2.45, 2.75) is 18.9 Å². The van der Waals surface area contributed by atoms with E-state index in [9.17, 15) is 5.21 Å². The lowest BCUT2D eigenvalue weighted by Gasteiger charge is -2.16. The summed E-state index contributed by atoms with van der Waals surface area (Å²) in [6, 6.07) is 0.204. The van der Waals surface area contributed by atoms with Gasteiger partial charge in [0.15, 0.2) is 0 Å². The van der Waals surface area contributed by atoms with Crippen LogP contribution in [0.3, 0.4) is 0 Å². The van der Waals surface area contributed by atoms with E-state index in [0.29, 0.717) is 13.2 Å². The van der Waals surface area contributed by atoms with Crippen LogP contribution in [0.4, 0.5) is 0 Å². The van der Waals surface area contributed by atoms with Crippen LogP contribution in [0.15, 0.2) is 12.7 Å². The molecule has 0 amide bonds. The summed E-state index contributed by atoms with van der Waals surface area (Å²) < 4.78 is 5.22. The zero-order chi connectivity index (χ0) is 8.10. The third kappa shape index (κ3) is 2.61. The lowest BCUT2D eigenvalue weighted by atomic mass is 10.2. The van der Waals surface area contributed by atoms with E-state index >= 15 is 0 Å². The minimum absolute atomic E-state index is 0.204. The molecule has 1 aliphatic heterocycles. The van der Waals surface area contributed by atoms with Crippen LogP contribution in [0.1, 0.15) is 12.8 Å². The van der Waals surface area contributed by atoms with Gasteiger partial charge in [0, 0.05) is 6.54 Å². The van der Waals surface area contributed by atoms with Crippen LogP contribution in [0.25, 0.3) is 0 Å². The Hall–Kier alpha value is -0.380. The highest BCUT2D eigenvalue weighted by Crippen LogP contribution is 2.14. The molecule has 0 aromatic carbocycles. The van der Waals surface area contributed by atoms with Gasteiger partial charge < -0.3 is 9.94 Å². The Labute approximate surface area is 67.2 Å². The first-order valence-corrected chi connectivity index (χ1v) is 3.98. The van der Waals surface area contributed by atoms with E-state index in [-0.39, 0.29) is 6.04 Å². The Morgan fingerprint density at radius 3 is 3.09 bits per heavy atom. The SMILES string of the molecule is C=CCOCC1CCCN1O. The normalized spacial score (nSPS) is 25.7. The van der Waals surface area contributed by atoms with Gasteiger partial charge in [-0.25, -0.2) is 0 Å². The zero-order valence-corrected chi connectivity index (χ0v) is 6.70. The van der Waals surface area contributed by atoms with Crippen LogP contribution >= 0.6 is 0 Å². The second-order valence-corrected chi connectivity index (χ2v) is 2.79. The largest absolute Gasteiger partial charge is 0.376 e. The van der Waals surface area contributed by atoms with Crippen molar-refractivity contribution in [3.63, 3.8) is 0 Å². The number of hydroxylamine groups is 2. The molecule has 0 aliphatic carbocycles. The molecule has 11 heavy (non-hydrogen) atoms. The second kappa shape index (κ2) is 4.49. The number of nitrogens with zero attached hydrogens (tertiary/aromatic N) is 1. The molecule has 1 saturated heterocycles. The summed E-state index contributed by atoms with van der Waals surface area (Å²) in [5.74, 6) is 0. The topological polar surface area (TPSA) is 32.7 Å². The fourth-order valence-corrected chi connectivity index (χ4v) is 1.28. The van der Waals surface area contributed by atoms with Gasteiger partial charge in [0.05, 0.1) is 19.3 Å². The fraction of sp³-hybridized carbons (Fsp3) is 0.750. The summed E-state index contributed by atoms with van der Waals surface area (Å²) in [7, 11) is 0. The van der Waals surface area contributed by atoms with Gasteiger partial charge in [0.25, 0.3) is 0 Å². The van der Waals surface area contributed by atoms with Gasteiger partial charge >= 0.3 is 0 Å². The minimum Gasteiger partial charge on any atom is -0.376 e. The van der Waals surface area contributed by atoms with E-state index in [1.54, 1.807) is 6.08 Å². The van der Waals surface area contributed by atoms with E-state index in [2.05, 4.69) is 6.58 Å². The van der Waals surface area contributed by atoms with Gasteiger partial charge in [-0.05, 0) is 12.8 Å². The molecule has 1 heterocycles. The zero-order valence-electron chi connectivity index (χ0n) is 6.70. The molecule has 0 saturated carbocycles. The Morgan fingerprint density at radius 1 is 1.73 bits per heavy atom. The van der Waals surface area contributed by atoms with E-state index in [1.807, 2.05) is 0 Å². The monoisotopic (exact) mass is 157 g/mol. The first-order valence-electron chi connectivity index (χ1n) is 3.98. The maximum Gasteiger partial charge on any atom is 0.0649 e. The van der Waals surface area contributed by atoms with Crippen molar-refractivity contribution in [1.82, 2.24) is 5.06 Å². The van der Waals surface area contributed by atoms with Crippen LogP contribution in [0.2, 0.25) is 0 Å². The summed E-state index contributed by atoms with van der Waals surface area (Å²) in [4.78, 5) is 0. The van der Waals surface area contributed by atoms with E-state index in [0.717, 1.165) is 19.4 Å². The summed E-state index contributed by atoms with van der Waals surface area (Å²) in [6.45, 7) is 5.51. The summed E-state index contributed by atoms with van der Waals surface area (Å²) in [5.41, 5.74) is 0. The van der Waals surface area contributed by atoms with Crippen LogP contribution < -0.4 is 0 Å². The number of rotatable bonds is 4. The van der Waals surface area contributed by atoms with Crippen molar-refractivity contribution in [3.05, 3.63) is 12.7 Å². The van der Waals surface area contributed by atoms with Crippen molar-refractivity contribution in [2.24, 2.45) is 0 Å². The predicted molar refractivity (Wildman–Crippen MR) is 42.5 cm³/mol. The summed E-state index contributed by atoms with van der Waals surface area (Å²) in [5, 5.41) is 10.6. The van der Waals surface area contributed by atoms with Crippen molar-refractivity contribution < 1.29 is 9.94 Å². The molecule has 0 radical (unpaired) electrons. The Bertz CT molecular complexity index is 127. The second-order valence-electron chi connectivity index (χ2n) is 2.79. The van der Waals surface area contributed by atoms with Crippen molar-refractivity contribution in [1.29, 1.82) is 0 Å².